The summed E-state index contributed by atoms with van der Waals surface area (Å²) in [5.41, 5.74) is 22.7. The molecule has 14 rings (SSSR count). The standard InChI is InChI=1S/C68H53NO/c1-65(2,3)43-30-34-51-52-35-31-44(66(4,5)6)39-59(52)68(58(51)38-43)57-27-15-16-29-63(57)70-64-37-33-46(41-61(64)68)69(62-28-17-19-42-18-7-8-20-47(42)62)45-32-36-53-50-23-11-14-26-56(50)67(60(53)40-45)54-24-12-9-21-48(54)49-22-10-13-25-55(49)67/h7-41H,1-6H3. The Morgan fingerprint density at radius 2 is 0.743 bits per heavy atom. The molecule has 2 spiro atoms. The van der Waals surface area contributed by atoms with Gasteiger partial charge in [0.1, 0.15) is 11.5 Å². The topological polar surface area (TPSA) is 12.5 Å². The highest BCUT2D eigenvalue weighted by molar-refractivity contribution is 6.01. The number of fused-ring (bicyclic) bond motifs is 20. The summed E-state index contributed by atoms with van der Waals surface area (Å²) >= 11 is 0. The Morgan fingerprint density at radius 3 is 1.33 bits per heavy atom. The Morgan fingerprint density at radius 1 is 0.329 bits per heavy atom. The molecule has 0 bridgehead atoms. The predicted molar refractivity (Wildman–Crippen MR) is 290 cm³/mol. The Labute approximate surface area is 411 Å². The summed E-state index contributed by atoms with van der Waals surface area (Å²) in [5, 5.41) is 2.39. The normalized spacial score (nSPS) is 14.8. The van der Waals surface area contributed by atoms with Gasteiger partial charge in [0, 0.05) is 27.9 Å². The number of hydrogen-bond acceptors (Lipinski definition) is 2. The summed E-state index contributed by atoms with van der Waals surface area (Å²) in [7, 11) is 0. The molecule has 0 radical (unpaired) electrons. The van der Waals surface area contributed by atoms with Crippen LogP contribution in [-0.2, 0) is 21.7 Å². The third kappa shape index (κ3) is 5.39. The molecule has 10 aromatic carbocycles. The molecule has 0 saturated carbocycles. The molecule has 2 nitrogen and oxygen atoms in total. The molecular weight excluding hydrogens is 847 g/mol. The molecule has 4 aliphatic rings. The van der Waals surface area contributed by atoms with Crippen molar-refractivity contribution >= 4 is 27.8 Å². The molecule has 0 amide bonds. The van der Waals surface area contributed by atoms with Gasteiger partial charge >= 0.3 is 0 Å². The smallest absolute Gasteiger partial charge is 0.132 e. The van der Waals surface area contributed by atoms with Gasteiger partial charge in [-0.1, -0.05) is 211 Å². The monoisotopic (exact) mass is 899 g/mol. The van der Waals surface area contributed by atoms with Crippen LogP contribution in [0, 0.1) is 0 Å². The van der Waals surface area contributed by atoms with Crippen molar-refractivity contribution in [2.45, 2.75) is 63.2 Å². The van der Waals surface area contributed by atoms with E-state index in [1.54, 1.807) is 0 Å². The highest BCUT2D eigenvalue weighted by Crippen LogP contribution is 2.66. The largest absolute Gasteiger partial charge is 0.457 e. The van der Waals surface area contributed by atoms with Gasteiger partial charge in [-0.15, -0.1) is 0 Å². The van der Waals surface area contributed by atoms with Crippen LogP contribution in [0.3, 0.4) is 0 Å². The van der Waals surface area contributed by atoms with E-state index in [-0.39, 0.29) is 10.8 Å². The molecule has 1 aliphatic heterocycles. The van der Waals surface area contributed by atoms with Crippen molar-refractivity contribution in [3.63, 3.8) is 0 Å². The van der Waals surface area contributed by atoms with Crippen LogP contribution in [-0.4, -0.2) is 0 Å². The molecule has 3 aliphatic carbocycles. The lowest BCUT2D eigenvalue weighted by Gasteiger charge is -2.41. The van der Waals surface area contributed by atoms with Crippen molar-refractivity contribution in [3.05, 3.63) is 268 Å². The van der Waals surface area contributed by atoms with Gasteiger partial charge in [-0.2, -0.15) is 0 Å². The summed E-state index contributed by atoms with van der Waals surface area (Å²) in [6, 6.07) is 80.4. The van der Waals surface area contributed by atoms with E-state index in [0.29, 0.717) is 0 Å². The van der Waals surface area contributed by atoms with Gasteiger partial charge in [-0.25, -0.2) is 0 Å². The molecule has 0 atom stereocenters. The van der Waals surface area contributed by atoms with E-state index in [9.17, 15) is 0 Å². The lowest BCUT2D eigenvalue weighted by atomic mass is 9.65. The Kier molecular flexibility index (Phi) is 8.40. The van der Waals surface area contributed by atoms with E-state index in [2.05, 4.69) is 259 Å². The van der Waals surface area contributed by atoms with Crippen molar-refractivity contribution in [1.29, 1.82) is 0 Å². The summed E-state index contributed by atoms with van der Waals surface area (Å²) in [6.45, 7) is 14.0. The Balaban J connectivity index is 1.07. The van der Waals surface area contributed by atoms with Crippen molar-refractivity contribution in [2.75, 3.05) is 4.90 Å². The van der Waals surface area contributed by atoms with Crippen LogP contribution >= 0.6 is 0 Å². The van der Waals surface area contributed by atoms with Crippen LogP contribution < -0.4 is 9.64 Å². The molecule has 0 N–H and O–H groups in total. The molecule has 2 heteroatoms. The third-order valence-corrected chi connectivity index (χ3v) is 16.3. The highest BCUT2D eigenvalue weighted by atomic mass is 16.5. The minimum atomic E-state index is -0.668. The summed E-state index contributed by atoms with van der Waals surface area (Å²) < 4.78 is 7.11. The average molecular weight is 900 g/mol. The fraction of sp³-hybridized carbons (Fsp3) is 0.147. The number of ether oxygens (including phenoxy) is 1. The minimum absolute atomic E-state index is 0.0625. The Bertz CT molecular complexity index is 3720. The first-order valence-electron chi connectivity index (χ1n) is 24.9. The van der Waals surface area contributed by atoms with E-state index in [0.717, 1.165) is 34.1 Å². The maximum absolute atomic E-state index is 7.11. The zero-order chi connectivity index (χ0) is 47.3. The van der Waals surface area contributed by atoms with Gasteiger partial charge in [0.15, 0.2) is 0 Å². The van der Waals surface area contributed by atoms with E-state index in [1.807, 2.05) is 0 Å². The molecule has 0 saturated heterocycles. The fourth-order valence-corrected chi connectivity index (χ4v) is 13.1. The van der Waals surface area contributed by atoms with Crippen LogP contribution in [0.2, 0.25) is 0 Å². The lowest BCUT2D eigenvalue weighted by Crippen LogP contribution is -2.33. The maximum atomic E-state index is 7.11. The van der Waals surface area contributed by atoms with Gasteiger partial charge in [-0.3, -0.25) is 0 Å². The van der Waals surface area contributed by atoms with Crippen molar-refractivity contribution < 1.29 is 4.74 Å². The predicted octanol–water partition coefficient (Wildman–Crippen LogP) is 17.7. The minimum Gasteiger partial charge on any atom is -0.457 e. The second kappa shape index (κ2) is 14.3. The molecule has 0 fully saturated rings. The molecule has 336 valence electrons. The van der Waals surface area contributed by atoms with E-state index >= 15 is 0 Å². The van der Waals surface area contributed by atoms with Gasteiger partial charge in [0.25, 0.3) is 0 Å². The third-order valence-electron chi connectivity index (χ3n) is 16.3. The Hall–Kier alpha value is -7.94. The first kappa shape index (κ1) is 41.1. The summed E-state index contributed by atoms with van der Waals surface area (Å²) in [5.74, 6) is 1.78. The molecule has 1 heterocycles. The van der Waals surface area contributed by atoms with Crippen LogP contribution in [0.5, 0.6) is 11.5 Å². The average Bonchev–Trinajstić information content (AvgIpc) is 3.96. The van der Waals surface area contributed by atoms with E-state index in [1.165, 1.54) is 94.2 Å². The second-order valence-electron chi connectivity index (χ2n) is 22.0. The van der Waals surface area contributed by atoms with Crippen LogP contribution in [0.25, 0.3) is 44.2 Å². The van der Waals surface area contributed by atoms with Gasteiger partial charge in [0.05, 0.1) is 16.5 Å². The number of para-hydroxylation sites is 1. The molecule has 0 unspecified atom stereocenters. The van der Waals surface area contributed by atoms with E-state index in [4.69, 9.17) is 4.74 Å². The number of benzene rings is 10. The fourth-order valence-electron chi connectivity index (χ4n) is 13.1. The van der Waals surface area contributed by atoms with Crippen molar-refractivity contribution in [1.82, 2.24) is 0 Å². The lowest BCUT2D eigenvalue weighted by molar-refractivity contribution is 0.436. The van der Waals surface area contributed by atoms with E-state index < -0.39 is 10.8 Å². The number of hydrogen-bond donors (Lipinski definition) is 0. The first-order valence-corrected chi connectivity index (χ1v) is 24.9. The van der Waals surface area contributed by atoms with Crippen molar-refractivity contribution in [3.8, 4) is 44.9 Å². The van der Waals surface area contributed by atoms with Crippen LogP contribution in [0.1, 0.15) is 97.2 Å². The van der Waals surface area contributed by atoms with Crippen LogP contribution in [0.15, 0.2) is 212 Å². The van der Waals surface area contributed by atoms with Crippen molar-refractivity contribution in [2.24, 2.45) is 0 Å². The van der Waals surface area contributed by atoms with Gasteiger partial charge in [0.2, 0.25) is 0 Å². The maximum Gasteiger partial charge on any atom is 0.132 e. The second-order valence-corrected chi connectivity index (χ2v) is 22.0. The summed E-state index contributed by atoms with van der Waals surface area (Å²) in [4.78, 5) is 2.52. The molecule has 70 heavy (non-hydrogen) atoms. The number of rotatable bonds is 3. The van der Waals surface area contributed by atoms with Crippen LogP contribution in [0.4, 0.5) is 17.1 Å². The zero-order valence-corrected chi connectivity index (χ0v) is 40.6. The number of nitrogens with zero attached hydrogens (tertiary/aromatic N) is 1. The van der Waals surface area contributed by atoms with Gasteiger partial charge < -0.3 is 9.64 Å². The molecular formula is C68H53NO. The first-order chi connectivity index (χ1) is 34.0. The molecule has 10 aromatic rings. The SMILES string of the molecule is CC(C)(C)c1ccc2c(c1)C1(c3ccccc3Oc3ccc(N(c4ccc5c(c4)C4(c6ccccc6-c6ccccc64)c4ccccc4-5)c4cccc5ccccc45)cc31)c1cc(C(C)(C)C)ccc1-2. The summed E-state index contributed by atoms with van der Waals surface area (Å²) in [6.07, 6.45) is 0. The zero-order valence-electron chi connectivity index (χ0n) is 40.6. The molecule has 0 aromatic heterocycles. The quantitative estimate of drug-likeness (QED) is 0.175. The number of anilines is 3. The highest BCUT2D eigenvalue weighted by Gasteiger charge is 2.54. The van der Waals surface area contributed by atoms with Gasteiger partial charge in [-0.05, 0) is 137 Å².